The molecule has 0 saturated carbocycles. The second-order valence-corrected chi connectivity index (χ2v) is 5.54. The molecule has 2 heterocycles. The van der Waals surface area contributed by atoms with Gasteiger partial charge in [-0.05, 0) is 36.4 Å². The Morgan fingerprint density at radius 1 is 1.07 bits per heavy atom. The van der Waals surface area contributed by atoms with Gasteiger partial charge in [-0.15, -0.1) is 0 Å². The molecule has 144 valence electrons. The van der Waals surface area contributed by atoms with Crippen LogP contribution in [0.2, 0.25) is 0 Å². The average Bonchev–Trinajstić information content (AvgIpc) is 3.07. The topological polar surface area (TPSA) is 122 Å². The maximum absolute atomic E-state index is 12.8. The van der Waals surface area contributed by atoms with Gasteiger partial charge in [0.05, 0.1) is 10.5 Å². The van der Waals surface area contributed by atoms with Crippen molar-refractivity contribution in [3.63, 3.8) is 0 Å². The molecule has 2 N–H and O–H groups in total. The van der Waals surface area contributed by atoms with E-state index < -0.39 is 33.6 Å². The molecule has 0 aliphatic heterocycles. The maximum atomic E-state index is 12.8. The van der Waals surface area contributed by atoms with Crippen LogP contribution in [0.15, 0.2) is 50.4 Å². The first-order valence-electron chi connectivity index (χ1n) is 7.61. The minimum atomic E-state index is -4.50. The van der Waals surface area contributed by atoms with Crippen molar-refractivity contribution >= 4 is 17.8 Å². The number of aromatic nitrogens is 2. The predicted octanol–water partition coefficient (Wildman–Crippen LogP) is 3.42. The number of halogens is 3. The first-order valence-corrected chi connectivity index (χ1v) is 7.61. The minimum absolute atomic E-state index is 0.139. The number of hydrogen-bond acceptors (Lipinski definition) is 5. The Bertz CT molecular complexity index is 1190. The zero-order valence-corrected chi connectivity index (χ0v) is 13.7. The van der Waals surface area contributed by atoms with E-state index in [0.717, 1.165) is 18.2 Å². The van der Waals surface area contributed by atoms with Crippen LogP contribution in [-0.4, -0.2) is 14.9 Å². The van der Waals surface area contributed by atoms with Gasteiger partial charge in [0, 0.05) is 5.56 Å². The largest absolute Gasteiger partial charge is 0.457 e. The van der Waals surface area contributed by atoms with E-state index >= 15 is 0 Å². The summed E-state index contributed by atoms with van der Waals surface area (Å²) in [5, 5.41) is 11.0. The van der Waals surface area contributed by atoms with E-state index in [4.69, 9.17) is 4.42 Å². The van der Waals surface area contributed by atoms with Gasteiger partial charge in [-0.3, -0.25) is 19.9 Å². The summed E-state index contributed by atoms with van der Waals surface area (Å²) in [5.74, 6) is 0.280. The molecule has 28 heavy (non-hydrogen) atoms. The Hall–Kier alpha value is -3.89. The number of nitro groups is 1. The van der Waals surface area contributed by atoms with Gasteiger partial charge >= 0.3 is 23.1 Å². The number of alkyl halides is 3. The zero-order chi connectivity index (χ0) is 20.5. The van der Waals surface area contributed by atoms with Gasteiger partial charge < -0.3 is 9.40 Å². The molecule has 3 rings (SSSR count). The summed E-state index contributed by atoms with van der Waals surface area (Å²) < 4.78 is 43.9. The molecular weight excluding hydrogens is 383 g/mol. The monoisotopic (exact) mass is 393 g/mol. The molecule has 1 aromatic carbocycles. The Morgan fingerprint density at radius 2 is 1.82 bits per heavy atom. The molecule has 0 aliphatic rings. The van der Waals surface area contributed by atoms with E-state index in [-0.39, 0.29) is 22.8 Å². The van der Waals surface area contributed by atoms with Crippen LogP contribution in [0.1, 0.15) is 17.0 Å². The molecule has 0 spiro atoms. The highest BCUT2D eigenvalue weighted by Crippen LogP contribution is 2.32. The van der Waals surface area contributed by atoms with Crippen molar-refractivity contribution in [3.8, 4) is 11.3 Å². The lowest BCUT2D eigenvalue weighted by Gasteiger charge is -2.07. The van der Waals surface area contributed by atoms with E-state index in [1.807, 2.05) is 0 Å². The maximum Gasteiger partial charge on any atom is 0.416 e. The van der Waals surface area contributed by atoms with Gasteiger partial charge in [-0.2, -0.15) is 13.2 Å². The van der Waals surface area contributed by atoms with Crippen LogP contribution < -0.4 is 11.2 Å². The molecule has 0 radical (unpaired) electrons. The van der Waals surface area contributed by atoms with Crippen molar-refractivity contribution in [3.05, 3.63) is 84.4 Å². The van der Waals surface area contributed by atoms with Crippen LogP contribution in [0.25, 0.3) is 23.5 Å². The number of H-pyrrole nitrogens is 2. The normalized spacial score (nSPS) is 11.8. The van der Waals surface area contributed by atoms with Crippen LogP contribution in [0.3, 0.4) is 0 Å². The lowest BCUT2D eigenvalue weighted by molar-refractivity contribution is -0.386. The summed E-state index contributed by atoms with van der Waals surface area (Å²) in [6, 6.07) is 7.36. The fourth-order valence-corrected chi connectivity index (χ4v) is 2.41. The van der Waals surface area contributed by atoms with Crippen molar-refractivity contribution in [1.82, 2.24) is 9.97 Å². The molecule has 2 aromatic heterocycles. The highest BCUT2D eigenvalue weighted by Gasteiger charge is 2.30. The molecule has 11 heteroatoms. The summed E-state index contributed by atoms with van der Waals surface area (Å²) in [6.45, 7) is 0. The summed E-state index contributed by atoms with van der Waals surface area (Å²) in [7, 11) is 0. The number of rotatable bonds is 4. The molecule has 3 aromatic rings. The Morgan fingerprint density at radius 3 is 2.50 bits per heavy atom. The third-order valence-electron chi connectivity index (χ3n) is 3.64. The van der Waals surface area contributed by atoms with Gasteiger partial charge in [-0.1, -0.05) is 12.1 Å². The summed E-state index contributed by atoms with van der Waals surface area (Å²) in [6.07, 6.45) is -2.19. The Kier molecular flexibility index (Phi) is 4.74. The van der Waals surface area contributed by atoms with Crippen LogP contribution >= 0.6 is 0 Å². The fourth-order valence-electron chi connectivity index (χ4n) is 2.41. The predicted molar refractivity (Wildman–Crippen MR) is 92.4 cm³/mol. The van der Waals surface area contributed by atoms with E-state index in [2.05, 4.69) is 4.98 Å². The number of nitrogens with one attached hydrogen (secondary N) is 2. The summed E-state index contributed by atoms with van der Waals surface area (Å²) in [5.41, 5.74) is -3.96. The average molecular weight is 393 g/mol. The van der Waals surface area contributed by atoms with Crippen molar-refractivity contribution in [2.45, 2.75) is 6.18 Å². The van der Waals surface area contributed by atoms with Gasteiger partial charge in [0.25, 0.3) is 0 Å². The third kappa shape index (κ3) is 3.92. The second-order valence-electron chi connectivity index (χ2n) is 5.54. The lowest BCUT2D eigenvalue weighted by atomic mass is 10.1. The number of hydrogen-bond donors (Lipinski definition) is 2. The first-order chi connectivity index (χ1) is 13.1. The first kappa shape index (κ1) is 18.9. The number of nitrogens with zero attached hydrogens (tertiary/aromatic N) is 1. The summed E-state index contributed by atoms with van der Waals surface area (Å²) >= 11 is 0. The van der Waals surface area contributed by atoms with E-state index in [1.54, 1.807) is 4.98 Å². The SMILES string of the molecule is O=c1[nH]c(C=Cc2ccc(-c3cccc(C(F)(F)F)c3)o2)c([N+](=O)[O-])c(=O)[nH]1. The van der Waals surface area contributed by atoms with Gasteiger partial charge in [0.1, 0.15) is 17.2 Å². The quantitative estimate of drug-likeness (QED) is 0.520. The zero-order valence-electron chi connectivity index (χ0n) is 13.7. The molecular formula is C17H10F3N3O5. The number of benzene rings is 1. The highest BCUT2D eigenvalue weighted by molar-refractivity contribution is 5.71. The van der Waals surface area contributed by atoms with Gasteiger partial charge in [-0.25, -0.2) is 4.79 Å². The minimum Gasteiger partial charge on any atom is -0.457 e. The lowest BCUT2D eigenvalue weighted by Crippen LogP contribution is -2.25. The number of furan rings is 1. The van der Waals surface area contributed by atoms with Crippen molar-refractivity contribution in [1.29, 1.82) is 0 Å². The van der Waals surface area contributed by atoms with Crippen molar-refractivity contribution in [2.24, 2.45) is 0 Å². The molecule has 0 amide bonds. The number of aromatic amines is 2. The van der Waals surface area contributed by atoms with Crippen molar-refractivity contribution in [2.75, 3.05) is 0 Å². The standard InChI is InChI=1S/C17H10F3N3O5/c18-17(19,20)10-3-1-2-9(8-10)13-7-5-11(28-13)4-6-12-14(23(26)27)15(24)22-16(25)21-12/h1-8H,(H2,21,22,24,25). The Balaban J connectivity index is 1.94. The molecule has 0 bridgehead atoms. The Labute approximate surface area is 153 Å². The molecule has 0 unspecified atom stereocenters. The van der Waals surface area contributed by atoms with Crippen molar-refractivity contribution < 1.29 is 22.5 Å². The van der Waals surface area contributed by atoms with Crippen LogP contribution in [0.4, 0.5) is 18.9 Å². The van der Waals surface area contributed by atoms with Gasteiger partial charge in [0.2, 0.25) is 0 Å². The molecule has 0 aliphatic carbocycles. The third-order valence-corrected chi connectivity index (χ3v) is 3.64. The van der Waals surface area contributed by atoms with Gasteiger partial charge in [0.15, 0.2) is 0 Å². The van der Waals surface area contributed by atoms with Crippen LogP contribution in [0.5, 0.6) is 0 Å². The molecule has 0 fully saturated rings. The van der Waals surface area contributed by atoms with E-state index in [1.165, 1.54) is 30.3 Å². The van der Waals surface area contributed by atoms with Crippen LogP contribution in [0, 0.1) is 10.1 Å². The smallest absolute Gasteiger partial charge is 0.416 e. The molecule has 8 nitrogen and oxygen atoms in total. The summed E-state index contributed by atoms with van der Waals surface area (Å²) in [4.78, 5) is 36.8. The fraction of sp³-hybridized carbons (Fsp3) is 0.0588. The van der Waals surface area contributed by atoms with E-state index in [9.17, 15) is 32.9 Å². The van der Waals surface area contributed by atoms with E-state index in [0.29, 0.717) is 0 Å². The molecule has 0 atom stereocenters. The second kappa shape index (κ2) is 7.02. The van der Waals surface area contributed by atoms with Crippen LogP contribution in [-0.2, 0) is 6.18 Å². The highest BCUT2D eigenvalue weighted by atomic mass is 19.4. The molecule has 0 saturated heterocycles.